The number of ether oxygens (including phenoxy) is 2. The maximum Gasteiger partial charge on any atom is 0.244 e. The highest BCUT2D eigenvalue weighted by atomic mass is 16.7. The molecule has 0 aromatic heterocycles. The number of carbonyl (C=O) groups excluding carboxylic acids is 2. The molecule has 130 valence electrons. The van der Waals surface area contributed by atoms with Gasteiger partial charge in [-0.3, -0.25) is 9.59 Å². The van der Waals surface area contributed by atoms with Crippen molar-refractivity contribution in [3.05, 3.63) is 53.6 Å². The van der Waals surface area contributed by atoms with Crippen LogP contribution in [0.3, 0.4) is 0 Å². The highest BCUT2D eigenvalue weighted by molar-refractivity contribution is 5.94. The summed E-state index contributed by atoms with van der Waals surface area (Å²) in [5.74, 6) is 0.843. The summed E-state index contributed by atoms with van der Waals surface area (Å²) in [6, 6.07) is 13.0. The molecule has 0 spiro atoms. The number of benzene rings is 2. The van der Waals surface area contributed by atoms with E-state index in [1.807, 2.05) is 31.2 Å². The molecule has 6 heteroatoms. The van der Waals surface area contributed by atoms with Gasteiger partial charge in [-0.05, 0) is 30.2 Å². The number of rotatable bonds is 5. The van der Waals surface area contributed by atoms with Crippen LogP contribution in [0.15, 0.2) is 42.5 Å². The van der Waals surface area contributed by atoms with E-state index in [2.05, 4.69) is 5.32 Å². The number of fused-ring (bicyclic) bond motifs is 1. The summed E-state index contributed by atoms with van der Waals surface area (Å²) in [4.78, 5) is 25.8. The van der Waals surface area contributed by atoms with Gasteiger partial charge < -0.3 is 19.7 Å². The van der Waals surface area contributed by atoms with Crippen molar-refractivity contribution >= 4 is 17.5 Å². The van der Waals surface area contributed by atoms with Crippen molar-refractivity contribution < 1.29 is 19.1 Å². The molecule has 0 saturated heterocycles. The number of anilines is 1. The molecule has 1 aliphatic rings. The van der Waals surface area contributed by atoms with E-state index >= 15 is 0 Å². The maximum atomic E-state index is 12.3. The second kappa shape index (κ2) is 7.25. The predicted molar refractivity (Wildman–Crippen MR) is 93.5 cm³/mol. The van der Waals surface area contributed by atoms with Gasteiger partial charge in [0, 0.05) is 25.2 Å². The van der Waals surface area contributed by atoms with Crippen molar-refractivity contribution in [1.82, 2.24) is 4.90 Å². The Labute approximate surface area is 146 Å². The number of hydrogen-bond acceptors (Lipinski definition) is 4. The molecule has 0 bridgehead atoms. The Bertz CT molecular complexity index is 804. The minimum atomic E-state index is -0.261. The summed E-state index contributed by atoms with van der Waals surface area (Å²) in [7, 11) is 0. The molecule has 3 rings (SSSR count). The van der Waals surface area contributed by atoms with Crippen molar-refractivity contribution in [2.75, 3.05) is 18.7 Å². The third-order valence-electron chi connectivity index (χ3n) is 4.06. The van der Waals surface area contributed by atoms with Gasteiger partial charge in [0.05, 0.1) is 0 Å². The zero-order chi connectivity index (χ0) is 17.8. The molecule has 0 radical (unpaired) electrons. The van der Waals surface area contributed by atoms with Crippen molar-refractivity contribution in [3.8, 4) is 11.5 Å². The first-order valence-electron chi connectivity index (χ1n) is 8.02. The highest BCUT2D eigenvalue weighted by Gasteiger charge is 2.17. The Morgan fingerprint density at radius 2 is 1.88 bits per heavy atom. The van der Waals surface area contributed by atoms with E-state index in [4.69, 9.17) is 9.47 Å². The fourth-order valence-electron chi connectivity index (χ4n) is 2.62. The Balaban J connectivity index is 1.65. The van der Waals surface area contributed by atoms with Crippen molar-refractivity contribution in [1.29, 1.82) is 0 Å². The molecule has 0 aliphatic carbocycles. The van der Waals surface area contributed by atoms with E-state index in [0.29, 0.717) is 23.7 Å². The summed E-state index contributed by atoms with van der Waals surface area (Å²) in [6.07, 6.45) is 0. The Morgan fingerprint density at radius 3 is 2.64 bits per heavy atom. The van der Waals surface area contributed by atoms with Gasteiger partial charge in [0.25, 0.3) is 0 Å². The van der Waals surface area contributed by atoms with Crippen LogP contribution in [0, 0.1) is 6.92 Å². The van der Waals surface area contributed by atoms with Gasteiger partial charge in [-0.25, -0.2) is 0 Å². The Kier molecular flexibility index (Phi) is 4.88. The van der Waals surface area contributed by atoms with Gasteiger partial charge in [-0.1, -0.05) is 24.3 Å². The summed E-state index contributed by atoms with van der Waals surface area (Å²) in [5.41, 5.74) is 2.71. The van der Waals surface area contributed by atoms with Crippen LogP contribution >= 0.6 is 0 Å². The van der Waals surface area contributed by atoms with Gasteiger partial charge in [0.2, 0.25) is 18.6 Å². The van der Waals surface area contributed by atoms with E-state index in [0.717, 1.165) is 11.1 Å². The monoisotopic (exact) mass is 340 g/mol. The van der Waals surface area contributed by atoms with Crippen LogP contribution in [0.2, 0.25) is 0 Å². The second-order valence-corrected chi connectivity index (χ2v) is 5.92. The van der Waals surface area contributed by atoms with E-state index in [-0.39, 0.29) is 25.2 Å². The van der Waals surface area contributed by atoms with Crippen LogP contribution in [-0.4, -0.2) is 30.1 Å². The quantitative estimate of drug-likeness (QED) is 0.909. The van der Waals surface area contributed by atoms with E-state index in [1.54, 1.807) is 18.2 Å². The lowest BCUT2D eigenvalue weighted by molar-refractivity contribution is -0.133. The molecule has 2 aromatic carbocycles. The molecule has 0 saturated carbocycles. The molecule has 1 N–H and O–H groups in total. The predicted octanol–water partition coefficient (Wildman–Crippen LogP) is 2.71. The van der Waals surface area contributed by atoms with Crippen molar-refractivity contribution in [2.24, 2.45) is 0 Å². The normalized spacial score (nSPS) is 11.9. The summed E-state index contributed by atoms with van der Waals surface area (Å²) in [5, 5.41) is 2.79. The largest absolute Gasteiger partial charge is 0.454 e. The summed E-state index contributed by atoms with van der Waals surface area (Å²) in [6.45, 7) is 4.02. The van der Waals surface area contributed by atoms with E-state index in [9.17, 15) is 9.59 Å². The molecular weight excluding hydrogens is 320 g/mol. The molecule has 0 atom stereocenters. The van der Waals surface area contributed by atoms with Gasteiger partial charge in [0.1, 0.15) is 6.54 Å². The minimum absolute atomic E-state index is 0.0158. The molecule has 1 heterocycles. The smallest absolute Gasteiger partial charge is 0.244 e. The number of carbonyl (C=O) groups is 2. The van der Waals surface area contributed by atoms with Gasteiger partial charge in [0.15, 0.2) is 11.5 Å². The zero-order valence-electron chi connectivity index (χ0n) is 14.2. The first-order valence-corrected chi connectivity index (χ1v) is 8.02. The van der Waals surface area contributed by atoms with Gasteiger partial charge >= 0.3 is 0 Å². The third kappa shape index (κ3) is 4.09. The molecule has 6 nitrogen and oxygen atoms in total. The number of amides is 2. The average molecular weight is 340 g/mol. The standard InChI is InChI=1S/C19H20N2O4/c1-13-5-3-4-6-15(13)10-21(14(2)22)11-19(23)20-16-7-8-17-18(9-16)25-12-24-17/h3-9H,10-12H2,1-2H3,(H,20,23). The first-order chi connectivity index (χ1) is 12.0. The van der Waals surface area contributed by atoms with Crippen molar-refractivity contribution in [3.63, 3.8) is 0 Å². The van der Waals surface area contributed by atoms with E-state index < -0.39 is 0 Å². The van der Waals surface area contributed by atoms with Crippen LogP contribution in [-0.2, 0) is 16.1 Å². The fraction of sp³-hybridized carbons (Fsp3) is 0.263. The highest BCUT2D eigenvalue weighted by Crippen LogP contribution is 2.34. The lowest BCUT2D eigenvalue weighted by atomic mass is 10.1. The summed E-state index contributed by atoms with van der Waals surface area (Å²) < 4.78 is 10.5. The number of hydrogen-bond donors (Lipinski definition) is 1. The molecular formula is C19H20N2O4. The summed E-state index contributed by atoms with van der Waals surface area (Å²) >= 11 is 0. The van der Waals surface area contributed by atoms with Crippen molar-refractivity contribution in [2.45, 2.75) is 20.4 Å². The lowest BCUT2D eigenvalue weighted by Gasteiger charge is -2.21. The number of nitrogens with zero attached hydrogens (tertiary/aromatic N) is 1. The van der Waals surface area contributed by atoms with Gasteiger partial charge in [-0.2, -0.15) is 0 Å². The number of nitrogens with one attached hydrogen (secondary N) is 1. The van der Waals surface area contributed by atoms with Crippen LogP contribution < -0.4 is 14.8 Å². The molecule has 0 fully saturated rings. The van der Waals surface area contributed by atoms with Crippen LogP contribution in [0.1, 0.15) is 18.1 Å². The van der Waals surface area contributed by atoms with Crippen LogP contribution in [0.4, 0.5) is 5.69 Å². The molecule has 0 unspecified atom stereocenters. The topological polar surface area (TPSA) is 67.9 Å². The minimum Gasteiger partial charge on any atom is -0.454 e. The maximum absolute atomic E-state index is 12.3. The SMILES string of the molecule is CC(=O)N(CC(=O)Nc1ccc2c(c1)OCO2)Cc1ccccc1C. The fourth-order valence-corrected chi connectivity index (χ4v) is 2.62. The second-order valence-electron chi connectivity index (χ2n) is 5.92. The zero-order valence-corrected chi connectivity index (χ0v) is 14.2. The Hall–Kier alpha value is -3.02. The molecule has 2 amide bonds. The van der Waals surface area contributed by atoms with E-state index in [1.165, 1.54) is 11.8 Å². The van der Waals surface area contributed by atoms with Crippen LogP contribution in [0.25, 0.3) is 0 Å². The van der Waals surface area contributed by atoms with Crippen LogP contribution in [0.5, 0.6) is 11.5 Å². The third-order valence-corrected chi connectivity index (χ3v) is 4.06. The molecule has 2 aromatic rings. The average Bonchev–Trinajstić information content (AvgIpc) is 3.03. The van der Waals surface area contributed by atoms with Gasteiger partial charge in [-0.15, -0.1) is 0 Å². The first kappa shape index (κ1) is 16.8. The Morgan fingerprint density at radius 1 is 1.12 bits per heavy atom. The molecule has 25 heavy (non-hydrogen) atoms. The lowest BCUT2D eigenvalue weighted by Crippen LogP contribution is -2.36. The number of aryl methyl sites for hydroxylation is 1. The molecule has 1 aliphatic heterocycles.